The number of nitrogens with one attached hydrogen (secondary N) is 1. The Morgan fingerprint density at radius 3 is 2.55 bits per heavy atom. The average Bonchev–Trinajstić information content (AvgIpc) is 2.41. The lowest BCUT2D eigenvalue weighted by Crippen LogP contribution is -2.40. The molecule has 0 unspecified atom stereocenters. The van der Waals surface area contributed by atoms with E-state index in [-0.39, 0.29) is 24.0 Å². The van der Waals surface area contributed by atoms with Gasteiger partial charge in [0.2, 0.25) is 0 Å². The maximum absolute atomic E-state index is 5.41. The number of hydrogen-bond donors (Lipinski definition) is 1. The second kappa shape index (κ2) is 11.6. The Labute approximate surface area is 141 Å². The summed E-state index contributed by atoms with van der Waals surface area (Å²) in [6.07, 6.45) is 3.67. The highest BCUT2D eigenvalue weighted by atomic mass is 127. The Balaban J connectivity index is 0.00000361. The fraction of sp³-hybridized carbons (Fsp3) is 0.933. The minimum atomic E-state index is 0. The van der Waals surface area contributed by atoms with Crippen LogP contribution in [0.1, 0.15) is 40.0 Å². The molecule has 0 bridgehead atoms. The molecule has 0 saturated carbocycles. The van der Waals surface area contributed by atoms with Gasteiger partial charge in [-0.1, -0.05) is 13.8 Å². The Bertz CT molecular complexity index is 266. The molecule has 0 aliphatic carbocycles. The van der Waals surface area contributed by atoms with Crippen LogP contribution in [0.25, 0.3) is 0 Å². The standard InChI is InChI=1S/C15H31N3O.HI/c1-5-16-15(17-12-13(2)3)18(4)9-6-14-7-10-19-11-8-14;/h13-14H,5-12H2,1-4H3,(H,16,17);1H. The Morgan fingerprint density at radius 1 is 1.35 bits per heavy atom. The van der Waals surface area contributed by atoms with Crippen LogP contribution in [-0.2, 0) is 4.74 Å². The molecule has 1 aliphatic heterocycles. The van der Waals surface area contributed by atoms with E-state index in [0.29, 0.717) is 5.92 Å². The minimum Gasteiger partial charge on any atom is -0.381 e. The van der Waals surface area contributed by atoms with Crippen LogP contribution in [0.2, 0.25) is 0 Å². The fourth-order valence-electron chi connectivity index (χ4n) is 2.26. The van der Waals surface area contributed by atoms with Gasteiger partial charge in [0.05, 0.1) is 0 Å². The summed E-state index contributed by atoms with van der Waals surface area (Å²) in [5.74, 6) is 2.48. The highest BCUT2D eigenvalue weighted by Gasteiger charge is 2.15. The predicted octanol–water partition coefficient (Wildman–Crippen LogP) is 2.97. The molecule has 0 atom stereocenters. The van der Waals surface area contributed by atoms with E-state index in [0.717, 1.165) is 44.7 Å². The van der Waals surface area contributed by atoms with Crippen molar-refractivity contribution in [2.24, 2.45) is 16.8 Å². The first kappa shape index (κ1) is 20.0. The van der Waals surface area contributed by atoms with E-state index in [1.165, 1.54) is 19.3 Å². The third kappa shape index (κ3) is 8.29. The van der Waals surface area contributed by atoms with Crippen LogP contribution in [0.5, 0.6) is 0 Å². The summed E-state index contributed by atoms with van der Waals surface area (Å²) in [4.78, 5) is 6.95. The number of hydrogen-bond acceptors (Lipinski definition) is 2. The highest BCUT2D eigenvalue weighted by molar-refractivity contribution is 14.0. The second-order valence-corrected chi connectivity index (χ2v) is 5.85. The molecule has 1 saturated heterocycles. The molecule has 0 aromatic heterocycles. The van der Waals surface area contributed by atoms with E-state index in [1.807, 2.05) is 0 Å². The van der Waals surface area contributed by atoms with Crippen LogP contribution in [0.15, 0.2) is 4.99 Å². The molecule has 1 N–H and O–H groups in total. The number of aliphatic imine (C=N–C) groups is 1. The summed E-state index contributed by atoms with van der Waals surface area (Å²) in [5, 5.41) is 3.38. The van der Waals surface area contributed by atoms with Gasteiger partial charge in [-0.25, -0.2) is 0 Å². The molecule has 1 rings (SSSR count). The zero-order valence-electron chi connectivity index (χ0n) is 13.5. The smallest absolute Gasteiger partial charge is 0.193 e. The molecule has 5 heteroatoms. The van der Waals surface area contributed by atoms with Crippen LogP contribution in [0.4, 0.5) is 0 Å². The molecular weight excluding hydrogens is 365 g/mol. The van der Waals surface area contributed by atoms with Gasteiger partial charge in [-0.3, -0.25) is 4.99 Å². The predicted molar refractivity (Wildman–Crippen MR) is 97.0 cm³/mol. The highest BCUT2D eigenvalue weighted by Crippen LogP contribution is 2.18. The summed E-state index contributed by atoms with van der Waals surface area (Å²) < 4.78 is 5.41. The van der Waals surface area contributed by atoms with Crippen LogP contribution in [0.3, 0.4) is 0 Å². The van der Waals surface area contributed by atoms with Crippen molar-refractivity contribution >= 4 is 29.9 Å². The van der Waals surface area contributed by atoms with E-state index >= 15 is 0 Å². The van der Waals surface area contributed by atoms with Gasteiger partial charge in [-0.2, -0.15) is 0 Å². The van der Waals surface area contributed by atoms with E-state index in [1.54, 1.807) is 0 Å². The lowest BCUT2D eigenvalue weighted by molar-refractivity contribution is 0.0625. The second-order valence-electron chi connectivity index (χ2n) is 5.85. The normalized spacial score (nSPS) is 16.9. The van der Waals surface area contributed by atoms with Crippen molar-refractivity contribution in [1.29, 1.82) is 0 Å². The molecule has 120 valence electrons. The van der Waals surface area contributed by atoms with E-state index in [9.17, 15) is 0 Å². The lowest BCUT2D eigenvalue weighted by atomic mass is 9.96. The number of guanidine groups is 1. The van der Waals surface area contributed by atoms with Crippen molar-refractivity contribution in [2.75, 3.05) is 39.9 Å². The van der Waals surface area contributed by atoms with E-state index < -0.39 is 0 Å². The zero-order chi connectivity index (χ0) is 14.1. The summed E-state index contributed by atoms with van der Waals surface area (Å²) in [6.45, 7) is 11.3. The Kier molecular flexibility index (Phi) is 11.6. The summed E-state index contributed by atoms with van der Waals surface area (Å²) in [7, 11) is 2.14. The monoisotopic (exact) mass is 397 g/mol. The molecule has 1 aliphatic rings. The molecule has 1 fully saturated rings. The van der Waals surface area contributed by atoms with Gasteiger partial charge in [0.25, 0.3) is 0 Å². The van der Waals surface area contributed by atoms with Gasteiger partial charge in [-0.05, 0) is 38.0 Å². The topological polar surface area (TPSA) is 36.9 Å². The van der Waals surface area contributed by atoms with Gasteiger partial charge in [0.15, 0.2) is 5.96 Å². The average molecular weight is 397 g/mol. The quantitative estimate of drug-likeness (QED) is 0.425. The van der Waals surface area contributed by atoms with Crippen molar-refractivity contribution in [3.63, 3.8) is 0 Å². The summed E-state index contributed by atoms with van der Waals surface area (Å²) >= 11 is 0. The molecule has 0 spiro atoms. The fourth-order valence-corrected chi connectivity index (χ4v) is 2.26. The number of rotatable bonds is 6. The number of nitrogens with zero attached hydrogens (tertiary/aromatic N) is 2. The Morgan fingerprint density at radius 2 is 2.00 bits per heavy atom. The van der Waals surface area contributed by atoms with Crippen LogP contribution in [-0.4, -0.2) is 50.8 Å². The van der Waals surface area contributed by atoms with E-state index in [2.05, 4.69) is 43.0 Å². The first-order valence-electron chi connectivity index (χ1n) is 7.70. The summed E-state index contributed by atoms with van der Waals surface area (Å²) in [6, 6.07) is 0. The molecule has 20 heavy (non-hydrogen) atoms. The van der Waals surface area contributed by atoms with Crippen LogP contribution >= 0.6 is 24.0 Å². The molecule has 0 radical (unpaired) electrons. The van der Waals surface area contributed by atoms with E-state index in [4.69, 9.17) is 4.74 Å². The summed E-state index contributed by atoms with van der Waals surface area (Å²) in [5.41, 5.74) is 0. The van der Waals surface area contributed by atoms with Crippen LogP contribution in [0, 0.1) is 11.8 Å². The minimum absolute atomic E-state index is 0. The van der Waals surface area contributed by atoms with Crippen molar-refractivity contribution in [2.45, 2.75) is 40.0 Å². The maximum atomic E-state index is 5.41. The molecule has 0 aromatic carbocycles. The lowest BCUT2D eigenvalue weighted by Gasteiger charge is -2.27. The largest absolute Gasteiger partial charge is 0.381 e. The third-order valence-corrected chi connectivity index (χ3v) is 3.52. The van der Waals surface area contributed by atoms with Crippen molar-refractivity contribution in [3.05, 3.63) is 0 Å². The van der Waals surface area contributed by atoms with Crippen molar-refractivity contribution in [3.8, 4) is 0 Å². The number of halogens is 1. The molecule has 0 amide bonds. The molecular formula is C15H32IN3O. The SMILES string of the molecule is CCNC(=NCC(C)C)N(C)CCC1CCOCC1.I. The third-order valence-electron chi connectivity index (χ3n) is 3.52. The van der Waals surface area contributed by atoms with Crippen molar-refractivity contribution < 1.29 is 4.74 Å². The van der Waals surface area contributed by atoms with Gasteiger partial charge in [0.1, 0.15) is 0 Å². The van der Waals surface area contributed by atoms with Crippen LogP contribution < -0.4 is 5.32 Å². The molecule has 4 nitrogen and oxygen atoms in total. The van der Waals surface area contributed by atoms with Crippen molar-refractivity contribution in [1.82, 2.24) is 10.2 Å². The first-order valence-corrected chi connectivity index (χ1v) is 7.70. The Hall–Kier alpha value is -0.0400. The molecule has 1 heterocycles. The molecule has 0 aromatic rings. The van der Waals surface area contributed by atoms with Gasteiger partial charge < -0.3 is 15.0 Å². The van der Waals surface area contributed by atoms with Gasteiger partial charge in [-0.15, -0.1) is 24.0 Å². The van der Waals surface area contributed by atoms with Gasteiger partial charge in [0, 0.05) is 39.9 Å². The van der Waals surface area contributed by atoms with Gasteiger partial charge >= 0.3 is 0 Å². The first-order chi connectivity index (χ1) is 9.13. The zero-order valence-corrected chi connectivity index (χ0v) is 15.9. The number of ether oxygens (including phenoxy) is 1. The maximum Gasteiger partial charge on any atom is 0.193 e.